The second-order valence-corrected chi connectivity index (χ2v) is 6.01. The molecule has 1 fully saturated rings. The molecule has 0 aliphatic heterocycles. The summed E-state index contributed by atoms with van der Waals surface area (Å²) in [6, 6.07) is 0. The Labute approximate surface area is 109 Å². The van der Waals surface area contributed by atoms with Gasteiger partial charge in [-0.1, -0.05) is 0 Å². The van der Waals surface area contributed by atoms with Gasteiger partial charge in [-0.3, -0.25) is 9.59 Å². The molecule has 0 radical (unpaired) electrons. The monoisotopic (exact) mass is 253 g/mol. The standard InChI is InChI=1S/C14H23NO3/c1-14(2,3)18-13(17)10-6-7-12(16)11(8-10)9-15(4)5/h9-10H,6-8H2,1-5H3/b11-9-. The topological polar surface area (TPSA) is 46.6 Å². The Hall–Kier alpha value is -1.32. The summed E-state index contributed by atoms with van der Waals surface area (Å²) < 4.78 is 5.37. The molecular formula is C14H23NO3. The van der Waals surface area contributed by atoms with E-state index >= 15 is 0 Å². The van der Waals surface area contributed by atoms with Crippen LogP contribution < -0.4 is 0 Å². The maximum absolute atomic E-state index is 12.0. The molecule has 0 heterocycles. The van der Waals surface area contributed by atoms with Gasteiger partial charge in [0.05, 0.1) is 5.92 Å². The zero-order chi connectivity index (χ0) is 13.9. The zero-order valence-corrected chi connectivity index (χ0v) is 11.9. The van der Waals surface area contributed by atoms with Gasteiger partial charge in [-0.25, -0.2) is 0 Å². The van der Waals surface area contributed by atoms with Crippen LogP contribution in [0.1, 0.15) is 40.0 Å². The lowest BCUT2D eigenvalue weighted by molar-refractivity contribution is -0.160. The molecule has 0 amide bonds. The van der Waals surface area contributed by atoms with Crippen molar-refractivity contribution in [2.75, 3.05) is 14.1 Å². The third kappa shape index (κ3) is 4.51. The molecule has 18 heavy (non-hydrogen) atoms. The summed E-state index contributed by atoms with van der Waals surface area (Å²) >= 11 is 0. The van der Waals surface area contributed by atoms with Crippen LogP contribution in [0.5, 0.6) is 0 Å². The molecule has 0 bridgehead atoms. The molecule has 0 saturated heterocycles. The lowest BCUT2D eigenvalue weighted by atomic mass is 9.85. The molecule has 0 N–H and O–H groups in total. The summed E-state index contributed by atoms with van der Waals surface area (Å²) in [7, 11) is 3.74. The lowest BCUT2D eigenvalue weighted by Gasteiger charge is -2.27. The number of carbonyl (C=O) groups is 2. The predicted octanol–water partition coefficient (Wildman–Crippen LogP) is 2.14. The minimum atomic E-state index is -0.468. The van der Waals surface area contributed by atoms with Crippen molar-refractivity contribution in [3.05, 3.63) is 11.8 Å². The normalized spacial score (nSPS) is 23.1. The quantitative estimate of drug-likeness (QED) is 0.559. The van der Waals surface area contributed by atoms with Crippen molar-refractivity contribution in [3.63, 3.8) is 0 Å². The molecule has 0 aromatic carbocycles. The van der Waals surface area contributed by atoms with Gasteiger partial charge in [-0.2, -0.15) is 0 Å². The highest BCUT2D eigenvalue weighted by atomic mass is 16.6. The first kappa shape index (κ1) is 14.7. The number of esters is 1. The van der Waals surface area contributed by atoms with Crippen LogP contribution in [0.4, 0.5) is 0 Å². The van der Waals surface area contributed by atoms with E-state index in [-0.39, 0.29) is 17.7 Å². The van der Waals surface area contributed by atoms with Gasteiger partial charge in [0.25, 0.3) is 0 Å². The lowest BCUT2D eigenvalue weighted by Crippen LogP contribution is -2.32. The highest BCUT2D eigenvalue weighted by Gasteiger charge is 2.31. The second kappa shape index (κ2) is 5.55. The van der Waals surface area contributed by atoms with E-state index in [1.807, 2.05) is 39.8 Å². The number of Topliss-reactive ketones (excluding diaryl/α,β-unsaturated/α-hetero) is 1. The number of ether oxygens (including phenoxy) is 1. The van der Waals surface area contributed by atoms with Crippen LogP contribution in [0, 0.1) is 5.92 Å². The van der Waals surface area contributed by atoms with E-state index < -0.39 is 5.60 Å². The number of hydrogen-bond acceptors (Lipinski definition) is 4. The summed E-state index contributed by atoms with van der Waals surface area (Å²) in [6.45, 7) is 5.57. The van der Waals surface area contributed by atoms with Crippen molar-refractivity contribution in [1.82, 2.24) is 4.90 Å². The summed E-state index contributed by atoms with van der Waals surface area (Å²) in [5.74, 6) is -0.240. The number of allylic oxidation sites excluding steroid dienone is 1. The maximum atomic E-state index is 12.0. The largest absolute Gasteiger partial charge is 0.460 e. The van der Waals surface area contributed by atoms with Gasteiger partial charge in [0.15, 0.2) is 5.78 Å². The SMILES string of the molecule is CN(C)/C=C1/CC(C(=O)OC(C)(C)C)CCC1=O. The first-order chi connectivity index (χ1) is 8.19. The Kier molecular flexibility index (Phi) is 4.54. The van der Waals surface area contributed by atoms with E-state index in [1.54, 1.807) is 6.20 Å². The average Bonchev–Trinajstić information content (AvgIpc) is 2.17. The molecule has 4 heteroatoms. The predicted molar refractivity (Wildman–Crippen MR) is 70.0 cm³/mol. The number of hydrogen-bond donors (Lipinski definition) is 0. The summed E-state index contributed by atoms with van der Waals surface area (Å²) in [5, 5.41) is 0. The van der Waals surface area contributed by atoms with Gasteiger partial charge in [0.2, 0.25) is 0 Å². The maximum Gasteiger partial charge on any atom is 0.309 e. The Morgan fingerprint density at radius 2 is 2.00 bits per heavy atom. The van der Waals surface area contributed by atoms with E-state index in [9.17, 15) is 9.59 Å². The van der Waals surface area contributed by atoms with Crippen molar-refractivity contribution in [2.45, 2.75) is 45.6 Å². The van der Waals surface area contributed by atoms with Crippen LogP contribution in [0.2, 0.25) is 0 Å². The van der Waals surface area contributed by atoms with Crippen LogP contribution in [-0.4, -0.2) is 36.3 Å². The second-order valence-electron chi connectivity index (χ2n) is 6.01. The van der Waals surface area contributed by atoms with Crippen molar-refractivity contribution >= 4 is 11.8 Å². The van der Waals surface area contributed by atoms with Crippen molar-refractivity contribution in [1.29, 1.82) is 0 Å². The van der Waals surface area contributed by atoms with E-state index in [2.05, 4.69) is 0 Å². The molecule has 1 atom stereocenters. The number of rotatable bonds is 2. The van der Waals surface area contributed by atoms with Gasteiger partial charge < -0.3 is 9.64 Å². The van der Waals surface area contributed by atoms with Crippen LogP contribution >= 0.6 is 0 Å². The Bertz CT molecular complexity index is 364. The van der Waals surface area contributed by atoms with Gasteiger partial charge >= 0.3 is 5.97 Å². The van der Waals surface area contributed by atoms with Gasteiger partial charge in [-0.15, -0.1) is 0 Å². The number of nitrogens with zero attached hydrogens (tertiary/aromatic N) is 1. The minimum absolute atomic E-state index is 0.142. The molecular weight excluding hydrogens is 230 g/mol. The van der Waals surface area contributed by atoms with E-state index in [0.717, 1.165) is 5.57 Å². The Balaban J connectivity index is 2.70. The molecule has 102 valence electrons. The van der Waals surface area contributed by atoms with E-state index in [4.69, 9.17) is 4.74 Å². The van der Waals surface area contributed by atoms with Gasteiger partial charge in [0.1, 0.15) is 5.60 Å². The molecule has 0 spiro atoms. The summed E-state index contributed by atoms with van der Waals surface area (Å²) in [6.07, 6.45) is 3.33. The average molecular weight is 253 g/mol. The third-order valence-corrected chi connectivity index (χ3v) is 2.70. The van der Waals surface area contributed by atoms with Crippen LogP contribution in [0.15, 0.2) is 11.8 Å². The minimum Gasteiger partial charge on any atom is -0.460 e. The van der Waals surface area contributed by atoms with Crippen LogP contribution in [0.25, 0.3) is 0 Å². The van der Waals surface area contributed by atoms with Gasteiger partial charge in [0, 0.05) is 32.3 Å². The first-order valence-corrected chi connectivity index (χ1v) is 6.32. The highest BCUT2D eigenvalue weighted by Crippen LogP contribution is 2.28. The first-order valence-electron chi connectivity index (χ1n) is 6.32. The molecule has 1 aliphatic carbocycles. The highest BCUT2D eigenvalue weighted by molar-refractivity contribution is 5.97. The molecule has 1 aliphatic rings. The molecule has 1 rings (SSSR count). The van der Waals surface area contributed by atoms with Crippen molar-refractivity contribution in [2.24, 2.45) is 5.92 Å². The summed E-state index contributed by atoms with van der Waals surface area (Å²) in [5.41, 5.74) is 0.256. The van der Waals surface area contributed by atoms with E-state index in [0.29, 0.717) is 19.3 Å². The van der Waals surface area contributed by atoms with Crippen molar-refractivity contribution < 1.29 is 14.3 Å². The van der Waals surface area contributed by atoms with Crippen molar-refractivity contribution in [3.8, 4) is 0 Å². The zero-order valence-electron chi connectivity index (χ0n) is 11.9. The molecule has 1 unspecified atom stereocenters. The Morgan fingerprint density at radius 3 is 2.50 bits per heavy atom. The van der Waals surface area contributed by atoms with Crippen LogP contribution in [0.3, 0.4) is 0 Å². The Morgan fingerprint density at radius 1 is 1.39 bits per heavy atom. The molecule has 4 nitrogen and oxygen atoms in total. The van der Waals surface area contributed by atoms with Crippen LogP contribution in [-0.2, 0) is 14.3 Å². The molecule has 1 saturated carbocycles. The number of carbonyl (C=O) groups excluding carboxylic acids is 2. The summed E-state index contributed by atoms with van der Waals surface area (Å²) in [4.78, 5) is 25.6. The van der Waals surface area contributed by atoms with Gasteiger partial charge in [-0.05, 0) is 33.6 Å². The number of ketones is 1. The third-order valence-electron chi connectivity index (χ3n) is 2.70. The smallest absolute Gasteiger partial charge is 0.309 e. The molecule has 0 aromatic rings. The molecule has 0 aromatic heterocycles. The van der Waals surface area contributed by atoms with E-state index in [1.165, 1.54) is 0 Å². The fourth-order valence-electron chi connectivity index (χ4n) is 1.97. The fourth-order valence-corrected chi connectivity index (χ4v) is 1.97. The fraction of sp³-hybridized carbons (Fsp3) is 0.714.